The van der Waals surface area contributed by atoms with E-state index in [1.54, 1.807) is 29.0 Å². The van der Waals surface area contributed by atoms with Crippen LogP contribution in [0.25, 0.3) is 16.7 Å². The standard InChI is InChI=1S/C20H17FN4O2/c21-14-6-1-2-7-15(14)23-18(26)10-5-13-25-19-16(8-3-11-22-19)24-12-4-9-17(24)20(25)27/h1-4,6-9,11-12H,5,10,13H2,(H,23,26). The van der Waals surface area contributed by atoms with Crippen LogP contribution in [0, 0.1) is 5.82 Å². The first-order valence-electron chi connectivity index (χ1n) is 8.64. The van der Waals surface area contributed by atoms with Gasteiger partial charge in [0, 0.05) is 25.4 Å². The van der Waals surface area contributed by atoms with Crippen molar-refractivity contribution < 1.29 is 9.18 Å². The largest absolute Gasteiger partial charge is 0.324 e. The maximum atomic E-state index is 13.6. The van der Waals surface area contributed by atoms with Crippen molar-refractivity contribution in [2.45, 2.75) is 19.4 Å². The Morgan fingerprint density at radius 3 is 2.74 bits per heavy atom. The van der Waals surface area contributed by atoms with Crippen molar-refractivity contribution in [1.82, 2.24) is 14.0 Å². The highest BCUT2D eigenvalue weighted by Gasteiger charge is 2.12. The first kappa shape index (κ1) is 17.0. The second-order valence-electron chi connectivity index (χ2n) is 6.20. The lowest BCUT2D eigenvalue weighted by atomic mass is 10.2. The Hall–Kier alpha value is -3.48. The SMILES string of the molecule is O=C(CCCn1c(=O)c2cccn2c2cccnc21)Nc1ccccc1F. The number of hydrogen-bond acceptors (Lipinski definition) is 3. The molecule has 0 saturated heterocycles. The van der Waals surface area contributed by atoms with Crippen LogP contribution in [0.15, 0.2) is 65.7 Å². The molecule has 0 radical (unpaired) electrons. The second kappa shape index (κ2) is 7.03. The lowest BCUT2D eigenvalue weighted by Gasteiger charge is -2.11. The summed E-state index contributed by atoms with van der Waals surface area (Å²) >= 11 is 0. The van der Waals surface area contributed by atoms with Gasteiger partial charge in [-0.3, -0.25) is 14.2 Å². The van der Waals surface area contributed by atoms with E-state index < -0.39 is 5.82 Å². The van der Waals surface area contributed by atoms with E-state index in [1.165, 1.54) is 12.1 Å². The number of carbonyl (C=O) groups excluding carboxylic acids is 1. The van der Waals surface area contributed by atoms with Gasteiger partial charge in [-0.05, 0) is 42.8 Å². The van der Waals surface area contributed by atoms with Crippen LogP contribution in [0.1, 0.15) is 12.8 Å². The summed E-state index contributed by atoms with van der Waals surface area (Å²) in [5.74, 6) is -0.773. The van der Waals surface area contributed by atoms with Crippen LogP contribution in [-0.4, -0.2) is 19.9 Å². The van der Waals surface area contributed by atoms with Crippen LogP contribution in [0.5, 0.6) is 0 Å². The van der Waals surface area contributed by atoms with E-state index in [9.17, 15) is 14.0 Å². The molecule has 0 aliphatic carbocycles. The van der Waals surface area contributed by atoms with Crippen molar-refractivity contribution in [2.24, 2.45) is 0 Å². The number of pyridine rings is 1. The van der Waals surface area contributed by atoms with Crippen molar-refractivity contribution >= 4 is 28.3 Å². The van der Waals surface area contributed by atoms with Gasteiger partial charge in [-0.2, -0.15) is 0 Å². The number of rotatable bonds is 5. The summed E-state index contributed by atoms with van der Waals surface area (Å²) in [6.07, 6.45) is 4.06. The van der Waals surface area contributed by atoms with Crippen molar-refractivity contribution in [3.63, 3.8) is 0 Å². The van der Waals surface area contributed by atoms with Crippen LogP contribution in [-0.2, 0) is 11.3 Å². The Labute approximate surface area is 153 Å². The number of aromatic nitrogens is 3. The number of anilines is 1. The smallest absolute Gasteiger partial charge is 0.276 e. The third-order valence-corrected chi connectivity index (χ3v) is 4.43. The molecule has 1 aromatic carbocycles. The van der Waals surface area contributed by atoms with Gasteiger partial charge < -0.3 is 9.72 Å². The van der Waals surface area contributed by atoms with Gasteiger partial charge in [0.15, 0.2) is 5.65 Å². The average molecular weight is 364 g/mol. The fourth-order valence-corrected chi connectivity index (χ4v) is 3.16. The molecule has 0 aliphatic rings. The monoisotopic (exact) mass is 364 g/mol. The minimum Gasteiger partial charge on any atom is -0.324 e. The molecule has 7 heteroatoms. The molecule has 3 aromatic heterocycles. The molecule has 3 heterocycles. The molecule has 0 atom stereocenters. The summed E-state index contributed by atoms with van der Waals surface area (Å²) in [5, 5.41) is 2.55. The predicted octanol–water partition coefficient (Wildman–Crippen LogP) is 3.21. The number of amides is 1. The molecule has 136 valence electrons. The van der Waals surface area contributed by atoms with Crippen molar-refractivity contribution in [3.8, 4) is 0 Å². The summed E-state index contributed by atoms with van der Waals surface area (Å²) in [4.78, 5) is 29.2. The number of carbonyl (C=O) groups is 1. The van der Waals surface area contributed by atoms with E-state index in [0.717, 1.165) is 5.52 Å². The number of nitrogens with zero attached hydrogens (tertiary/aromatic N) is 3. The van der Waals surface area contributed by atoms with Gasteiger partial charge in [-0.25, -0.2) is 9.37 Å². The van der Waals surface area contributed by atoms with Crippen LogP contribution < -0.4 is 10.9 Å². The fraction of sp³-hybridized carbons (Fsp3) is 0.150. The Bertz CT molecular complexity index is 1200. The molecule has 4 aromatic rings. The summed E-state index contributed by atoms with van der Waals surface area (Å²) < 4.78 is 17.0. The van der Waals surface area contributed by atoms with E-state index in [-0.39, 0.29) is 23.6 Å². The number of para-hydroxylation sites is 1. The van der Waals surface area contributed by atoms with Gasteiger partial charge >= 0.3 is 0 Å². The minimum absolute atomic E-state index is 0.152. The van der Waals surface area contributed by atoms with Crippen LogP contribution in [0.3, 0.4) is 0 Å². The highest BCUT2D eigenvalue weighted by Crippen LogP contribution is 2.15. The van der Waals surface area contributed by atoms with Crippen LogP contribution >= 0.6 is 0 Å². The van der Waals surface area contributed by atoms with E-state index in [1.807, 2.05) is 28.8 Å². The van der Waals surface area contributed by atoms with Gasteiger partial charge in [0.05, 0.1) is 11.2 Å². The van der Waals surface area contributed by atoms with Gasteiger partial charge in [-0.15, -0.1) is 0 Å². The Kier molecular flexibility index (Phi) is 4.42. The average Bonchev–Trinajstić information content (AvgIpc) is 3.17. The molecular formula is C20H17FN4O2. The maximum Gasteiger partial charge on any atom is 0.276 e. The predicted molar refractivity (Wildman–Crippen MR) is 101 cm³/mol. The van der Waals surface area contributed by atoms with Crippen molar-refractivity contribution in [3.05, 3.63) is 77.1 Å². The molecule has 0 fully saturated rings. The van der Waals surface area contributed by atoms with Gasteiger partial charge in [0.1, 0.15) is 11.3 Å². The topological polar surface area (TPSA) is 68.4 Å². The fourth-order valence-electron chi connectivity index (χ4n) is 3.16. The number of fused-ring (bicyclic) bond motifs is 3. The number of benzene rings is 1. The molecule has 6 nitrogen and oxygen atoms in total. The first-order chi connectivity index (χ1) is 13.1. The van der Waals surface area contributed by atoms with Crippen LogP contribution in [0.4, 0.5) is 10.1 Å². The van der Waals surface area contributed by atoms with E-state index >= 15 is 0 Å². The summed E-state index contributed by atoms with van der Waals surface area (Å²) in [5.41, 5.74) is 1.96. The molecule has 0 saturated carbocycles. The summed E-state index contributed by atoms with van der Waals surface area (Å²) in [6, 6.07) is 13.3. The highest BCUT2D eigenvalue weighted by atomic mass is 19.1. The molecule has 0 bridgehead atoms. The summed E-state index contributed by atoms with van der Waals surface area (Å²) in [6.45, 7) is 0.346. The first-order valence-corrected chi connectivity index (χ1v) is 8.64. The molecule has 0 aliphatic heterocycles. The zero-order chi connectivity index (χ0) is 18.8. The van der Waals surface area contributed by atoms with E-state index in [2.05, 4.69) is 10.3 Å². The quantitative estimate of drug-likeness (QED) is 0.591. The number of halogens is 1. The molecule has 1 N–H and O–H groups in total. The second-order valence-corrected chi connectivity index (χ2v) is 6.20. The van der Waals surface area contributed by atoms with Gasteiger partial charge in [-0.1, -0.05) is 12.1 Å². The number of nitrogens with one attached hydrogen (secondary N) is 1. The normalized spacial score (nSPS) is 11.1. The number of aryl methyl sites for hydroxylation is 1. The zero-order valence-electron chi connectivity index (χ0n) is 14.4. The molecule has 27 heavy (non-hydrogen) atoms. The van der Waals surface area contributed by atoms with Crippen molar-refractivity contribution in [1.29, 1.82) is 0 Å². The lowest BCUT2D eigenvalue weighted by molar-refractivity contribution is -0.116. The Balaban J connectivity index is 1.53. The molecule has 4 rings (SSSR count). The van der Waals surface area contributed by atoms with Gasteiger partial charge in [0.25, 0.3) is 5.56 Å². The maximum absolute atomic E-state index is 13.6. The molecule has 0 spiro atoms. The lowest BCUT2D eigenvalue weighted by Crippen LogP contribution is -2.24. The van der Waals surface area contributed by atoms with Crippen molar-refractivity contribution in [2.75, 3.05) is 5.32 Å². The van der Waals surface area contributed by atoms with E-state index in [0.29, 0.717) is 24.1 Å². The Morgan fingerprint density at radius 1 is 1.07 bits per heavy atom. The zero-order valence-corrected chi connectivity index (χ0v) is 14.4. The van der Waals surface area contributed by atoms with Crippen LogP contribution in [0.2, 0.25) is 0 Å². The van der Waals surface area contributed by atoms with E-state index in [4.69, 9.17) is 0 Å². The minimum atomic E-state index is -0.476. The molecule has 0 unspecified atom stereocenters. The third-order valence-electron chi connectivity index (χ3n) is 4.43. The van der Waals surface area contributed by atoms with Gasteiger partial charge in [0.2, 0.25) is 5.91 Å². The number of hydrogen-bond donors (Lipinski definition) is 1. The Morgan fingerprint density at radius 2 is 1.89 bits per heavy atom. The molecule has 1 amide bonds. The molecular weight excluding hydrogens is 347 g/mol. The third kappa shape index (κ3) is 3.19. The summed E-state index contributed by atoms with van der Waals surface area (Å²) in [7, 11) is 0. The highest BCUT2D eigenvalue weighted by molar-refractivity contribution is 5.90.